The van der Waals surface area contributed by atoms with Gasteiger partial charge >= 0.3 is 0 Å². The summed E-state index contributed by atoms with van der Waals surface area (Å²) in [6.07, 6.45) is 9.33. The van der Waals surface area contributed by atoms with E-state index in [2.05, 4.69) is 34.6 Å². The molecule has 0 amide bonds. The normalized spacial score (nSPS) is 62.1. The fourth-order valence-electron chi connectivity index (χ4n) is 7.93. The Morgan fingerprint density at radius 3 is 2.24 bits per heavy atom. The Balaban J connectivity index is 1.75. The molecule has 7 atom stereocenters. The summed E-state index contributed by atoms with van der Waals surface area (Å²) in [6.45, 7) is 12.2. The van der Waals surface area contributed by atoms with Crippen molar-refractivity contribution in [3.63, 3.8) is 0 Å². The molecule has 4 aliphatic rings. The third-order valence-electron chi connectivity index (χ3n) is 9.11. The molecule has 120 valence electrons. The fraction of sp³-hybridized carbons (Fsp3) is 1.00. The van der Waals surface area contributed by atoms with Crippen LogP contribution in [0.25, 0.3) is 0 Å². The highest BCUT2D eigenvalue weighted by Gasteiger charge is 2.78. The molecule has 0 radical (unpaired) electrons. The molecule has 21 heavy (non-hydrogen) atoms. The van der Waals surface area contributed by atoms with Crippen LogP contribution < -0.4 is 0 Å². The molecule has 0 aromatic heterocycles. The van der Waals surface area contributed by atoms with Crippen LogP contribution >= 0.6 is 0 Å². The van der Waals surface area contributed by atoms with Gasteiger partial charge in [-0.25, -0.2) is 0 Å². The van der Waals surface area contributed by atoms with Gasteiger partial charge in [0.25, 0.3) is 0 Å². The lowest BCUT2D eigenvalue weighted by atomic mass is 9.46. The van der Waals surface area contributed by atoms with Gasteiger partial charge < -0.3 is 5.11 Å². The Bertz CT molecular complexity index is 466. The first kappa shape index (κ1) is 14.5. The Kier molecular flexibility index (Phi) is 2.69. The number of aliphatic hydroxyl groups is 1. The molecule has 1 heteroatoms. The van der Waals surface area contributed by atoms with Crippen molar-refractivity contribution in [1.29, 1.82) is 0 Å². The highest BCUT2D eigenvalue weighted by molar-refractivity contribution is 5.27. The third kappa shape index (κ3) is 1.53. The minimum atomic E-state index is -0.381. The summed E-state index contributed by atoms with van der Waals surface area (Å²) in [7, 11) is 0. The van der Waals surface area contributed by atoms with Gasteiger partial charge in [0.1, 0.15) is 0 Å². The summed E-state index contributed by atoms with van der Waals surface area (Å²) < 4.78 is 0. The van der Waals surface area contributed by atoms with E-state index in [9.17, 15) is 5.11 Å². The molecule has 4 saturated carbocycles. The van der Waals surface area contributed by atoms with Crippen molar-refractivity contribution in [2.75, 3.05) is 0 Å². The predicted octanol–water partition coefficient (Wildman–Crippen LogP) is 5.03. The summed E-state index contributed by atoms with van der Waals surface area (Å²) >= 11 is 0. The Morgan fingerprint density at radius 1 is 0.905 bits per heavy atom. The molecule has 0 aliphatic heterocycles. The maximum absolute atomic E-state index is 10.9. The highest BCUT2D eigenvalue weighted by atomic mass is 16.3. The van der Waals surface area contributed by atoms with Crippen molar-refractivity contribution < 1.29 is 5.11 Å². The van der Waals surface area contributed by atoms with Crippen LogP contribution in [0.4, 0.5) is 0 Å². The van der Waals surface area contributed by atoms with Crippen LogP contribution in [-0.4, -0.2) is 10.7 Å². The minimum Gasteiger partial charge on any atom is -0.390 e. The van der Waals surface area contributed by atoms with Crippen molar-refractivity contribution in [2.24, 2.45) is 39.9 Å². The van der Waals surface area contributed by atoms with E-state index in [0.717, 1.165) is 24.2 Å². The first-order valence-electron chi connectivity index (χ1n) is 9.40. The lowest BCUT2D eigenvalue weighted by Gasteiger charge is -2.59. The third-order valence-corrected chi connectivity index (χ3v) is 9.11. The molecule has 1 N–H and O–H groups in total. The SMILES string of the molecule is CC(C)[C@H]1CC[C@@H]2[C@]1(C)CC[C@@]1(C)CC[C@@](C)(O)[C@H]3C[C@@]231. The zero-order valence-corrected chi connectivity index (χ0v) is 14.7. The highest BCUT2D eigenvalue weighted by Crippen LogP contribution is 2.83. The van der Waals surface area contributed by atoms with Crippen LogP contribution in [0.15, 0.2) is 0 Å². The Hall–Kier alpha value is -0.0400. The molecule has 1 spiro atoms. The van der Waals surface area contributed by atoms with Crippen molar-refractivity contribution in [1.82, 2.24) is 0 Å². The minimum absolute atomic E-state index is 0.381. The summed E-state index contributed by atoms with van der Waals surface area (Å²) in [6, 6.07) is 0. The second kappa shape index (κ2) is 3.89. The van der Waals surface area contributed by atoms with E-state index >= 15 is 0 Å². The van der Waals surface area contributed by atoms with Crippen LogP contribution in [0.2, 0.25) is 0 Å². The van der Waals surface area contributed by atoms with Crippen LogP contribution in [0.3, 0.4) is 0 Å². The van der Waals surface area contributed by atoms with Crippen LogP contribution in [0.1, 0.15) is 79.6 Å². The van der Waals surface area contributed by atoms with Crippen molar-refractivity contribution in [3.05, 3.63) is 0 Å². The largest absolute Gasteiger partial charge is 0.390 e. The molecule has 4 aliphatic carbocycles. The summed E-state index contributed by atoms with van der Waals surface area (Å²) in [5.41, 5.74) is 1.19. The summed E-state index contributed by atoms with van der Waals surface area (Å²) in [5, 5.41) is 10.9. The second-order valence-electron chi connectivity index (χ2n) is 10.2. The quantitative estimate of drug-likeness (QED) is 0.718. The number of hydrogen-bond donors (Lipinski definition) is 1. The lowest BCUT2D eigenvalue weighted by molar-refractivity contribution is -0.135. The topological polar surface area (TPSA) is 20.2 Å². The zero-order valence-electron chi connectivity index (χ0n) is 14.7. The molecule has 0 saturated heterocycles. The molecule has 1 nitrogen and oxygen atoms in total. The Labute approximate surface area is 130 Å². The van der Waals surface area contributed by atoms with Crippen LogP contribution in [-0.2, 0) is 0 Å². The van der Waals surface area contributed by atoms with E-state index in [4.69, 9.17) is 0 Å². The molecule has 0 aromatic carbocycles. The van der Waals surface area contributed by atoms with E-state index < -0.39 is 0 Å². The van der Waals surface area contributed by atoms with Gasteiger partial charge in [0.2, 0.25) is 0 Å². The van der Waals surface area contributed by atoms with E-state index in [1.54, 1.807) is 0 Å². The number of hydrogen-bond acceptors (Lipinski definition) is 1. The maximum atomic E-state index is 10.9. The standard InChI is InChI=1S/C20H34O/c1-13(2)14-6-7-15-18(14,4)10-8-17(3)9-11-19(5,21)16-12-20(15,16)17/h13-16,21H,6-12H2,1-5H3/t14-,15-,16-,17+,18-,19-,20-/m1/s1. The summed E-state index contributed by atoms with van der Waals surface area (Å²) in [5.74, 6) is 3.21. The molecule has 0 aromatic rings. The lowest BCUT2D eigenvalue weighted by Crippen LogP contribution is -2.54. The molecule has 0 bridgehead atoms. The van der Waals surface area contributed by atoms with Gasteiger partial charge in [0.05, 0.1) is 5.60 Å². The van der Waals surface area contributed by atoms with Gasteiger partial charge in [-0.05, 0) is 91.8 Å². The number of rotatable bonds is 1. The van der Waals surface area contributed by atoms with Crippen molar-refractivity contribution in [2.45, 2.75) is 85.2 Å². The monoisotopic (exact) mass is 290 g/mol. The van der Waals surface area contributed by atoms with Gasteiger partial charge in [0.15, 0.2) is 0 Å². The van der Waals surface area contributed by atoms with E-state index in [1.165, 1.54) is 38.5 Å². The van der Waals surface area contributed by atoms with Gasteiger partial charge in [-0.2, -0.15) is 0 Å². The van der Waals surface area contributed by atoms with Crippen molar-refractivity contribution >= 4 is 0 Å². The fourth-order valence-corrected chi connectivity index (χ4v) is 7.93. The molecule has 4 rings (SSSR count). The van der Waals surface area contributed by atoms with Gasteiger partial charge in [0, 0.05) is 0 Å². The second-order valence-corrected chi connectivity index (χ2v) is 10.2. The zero-order chi connectivity index (χ0) is 15.3. The van der Waals surface area contributed by atoms with E-state index in [1.807, 2.05) is 0 Å². The Morgan fingerprint density at radius 2 is 1.57 bits per heavy atom. The van der Waals surface area contributed by atoms with Gasteiger partial charge in [-0.3, -0.25) is 0 Å². The first-order valence-corrected chi connectivity index (χ1v) is 9.40. The number of fused-ring (bicyclic) bond motifs is 1. The van der Waals surface area contributed by atoms with E-state index in [0.29, 0.717) is 22.2 Å². The van der Waals surface area contributed by atoms with Crippen LogP contribution in [0.5, 0.6) is 0 Å². The van der Waals surface area contributed by atoms with Crippen molar-refractivity contribution in [3.8, 4) is 0 Å². The smallest absolute Gasteiger partial charge is 0.0653 e. The first-order chi connectivity index (χ1) is 9.67. The van der Waals surface area contributed by atoms with E-state index in [-0.39, 0.29) is 5.60 Å². The average molecular weight is 290 g/mol. The van der Waals surface area contributed by atoms with Gasteiger partial charge in [-0.15, -0.1) is 0 Å². The predicted molar refractivity (Wildman–Crippen MR) is 86.9 cm³/mol. The molecular weight excluding hydrogens is 256 g/mol. The average Bonchev–Trinajstić information content (AvgIpc) is 3.06. The molecular formula is C20H34O. The molecule has 4 fully saturated rings. The summed E-state index contributed by atoms with van der Waals surface area (Å²) in [4.78, 5) is 0. The maximum Gasteiger partial charge on any atom is 0.0653 e. The molecule has 0 heterocycles. The molecule has 0 unspecified atom stereocenters. The van der Waals surface area contributed by atoms with Gasteiger partial charge in [-0.1, -0.05) is 27.7 Å². The van der Waals surface area contributed by atoms with Crippen LogP contribution in [0, 0.1) is 39.9 Å².